The van der Waals surface area contributed by atoms with Crippen molar-refractivity contribution in [2.24, 2.45) is 5.92 Å². The number of ketones is 1. The first-order chi connectivity index (χ1) is 7.83. The molecule has 3 nitrogen and oxygen atoms in total. The van der Waals surface area contributed by atoms with Gasteiger partial charge in [-0.2, -0.15) is 0 Å². The molecular formula is C13H13NO2. The van der Waals surface area contributed by atoms with Crippen LogP contribution in [0.25, 0.3) is 11.0 Å². The Bertz CT molecular complexity index is 492. The van der Waals surface area contributed by atoms with Crippen LogP contribution < -0.4 is 5.32 Å². The maximum absolute atomic E-state index is 11.9. The minimum absolute atomic E-state index is 0.114. The summed E-state index contributed by atoms with van der Waals surface area (Å²) in [5, 5.41) is 4.16. The van der Waals surface area contributed by atoms with E-state index in [1.54, 1.807) is 0 Å². The number of rotatable bonds is 3. The normalized spacial score (nSPS) is 16.2. The summed E-state index contributed by atoms with van der Waals surface area (Å²) in [5.74, 6) is 1.09. The molecule has 0 atom stereocenters. The van der Waals surface area contributed by atoms with Gasteiger partial charge in [0.1, 0.15) is 5.58 Å². The molecule has 1 fully saturated rings. The SMILES string of the molecule is O=C(CC1CNC1)c1cc2ccccc2o1. The molecule has 82 valence electrons. The lowest BCUT2D eigenvalue weighted by molar-refractivity contribution is 0.0920. The van der Waals surface area contributed by atoms with Crippen molar-refractivity contribution < 1.29 is 9.21 Å². The van der Waals surface area contributed by atoms with Crippen LogP contribution in [0.15, 0.2) is 34.7 Å². The smallest absolute Gasteiger partial charge is 0.198 e. The van der Waals surface area contributed by atoms with Gasteiger partial charge in [-0.05, 0) is 31.1 Å². The third kappa shape index (κ3) is 1.63. The van der Waals surface area contributed by atoms with E-state index in [1.807, 2.05) is 30.3 Å². The quantitative estimate of drug-likeness (QED) is 0.798. The Balaban J connectivity index is 1.84. The molecule has 1 aromatic carbocycles. The van der Waals surface area contributed by atoms with Gasteiger partial charge in [-0.25, -0.2) is 0 Å². The molecule has 0 radical (unpaired) electrons. The number of Topliss-reactive ketones (excluding diaryl/α,β-unsaturated/α-hetero) is 1. The summed E-state index contributed by atoms with van der Waals surface area (Å²) in [6, 6.07) is 9.54. The molecule has 0 bridgehead atoms. The van der Waals surface area contributed by atoms with Crippen molar-refractivity contribution >= 4 is 16.8 Å². The number of hydrogen-bond donors (Lipinski definition) is 1. The second kappa shape index (κ2) is 3.76. The summed E-state index contributed by atoms with van der Waals surface area (Å²) < 4.78 is 5.53. The molecule has 0 amide bonds. The minimum atomic E-state index is 0.114. The monoisotopic (exact) mass is 215 g/mol. The van der Waals surface area contributed by atoms with Gasteiger partial charge in [0.25, 0.3) is 0 Å². The maximum atomic E-state index is 11.9. The van der Waals surface area contributed by atoms with Gasteiger partial charge in [-0.15, -0.1) is 0 Å². The van der Waals surface area contributed by atoms with Crippen LogP contribution in [-0.4, -0.2) is 18.9 Å². The van der Waals surface area contributed by atoms with Crippen molar-refractivity contribution in [2.75, 3.05) is 13.1 Å². The summed E-state index contributed by atoms with van der Waals surface area (Å²) in [7, 11) is 0. The van der Waals surface area contributed by atoms with Gasteiger partial charge in [0.05, 0.1) is 0 Å². The number of benzene rings is 1. The van der Waals surface area contributed by atoms with E-state index in [4.69, 9.17) is 4.42 Å². The molecular weight excluding hydrogens is 202 g/mol. The minimum Gasteiger partial charge on any atom is -0.453 e. The van der Waals surface area contributed by atoms with Crippen molar-refractivity contribution in [2.45, 2.75) is 6.42 Å². The van der Waals surface area contributed by atoms with Crippen LogP contribution in [-0.2, 0) is 0 Å². The van der Waals surface area contributed by atoms with Crippen molar-refractivity contribution in [3.8, 4) is 0 Å². The van der Waals surface area contributed by atoms with Gasteiger partial charge in [0.2, 0.25) is 0 Å². The van der Waals surface area contributed by atoms with Gasteiger partial charge >= 0.3 is 0 Å². The standard InChI is InChI=1S/C13H13NO2/c15-11(5-9-7-14-8-9)13-6-10-3-1-2-4-12(10)16-13/h1-4,6,9,14H,5,7-8H2. The van der Waals surface area contributed by atoms with Gasteiger partial charge < -0.3 is 9.73 Å². The zero-order valence-electron chi connectivity index (χ0n) is 8.90. The summed E-state index contributed by atoms with van der Waals surface area (Å²) in [6.45, 7) is 1.90. The molecule has 1 aliphatic rings. The van der Waals surface area contributed by atoms with Gasteiger partial charge in [-0.3, -0.25) is 4.79 Å². The molecule has 1 aliphatic heterocycles. The first kappa shape index (κ1) is 9.60. The van der Waals surface area contributed by atoms with E-state index in [0.717, 1.165) is 24.1 Å². The molecule has 1 N–H and O–H groups in total. The molecule has 0 spiro atoms. The van der Waals surface area contributed by atoms with Crippen LogP contribution in [0.4, 0.5) is 0 Å². The zero-order valence-corrected chi connectivity index (χ0v) is 8.90. The topological polar surface area (TPSA) is 42.2 Å². The highest BCUT2D eigenvalue weighted by atomic mass is 16.3. The molecule has 3 rings (SSSR count). The van der Waals surface area contributed by atoms with Crippen LogP contribution in [0.5, 0.6) is 0 Å². The second-order valence-electron chi connectivity index (χ2n) is 4.30. The highest BCUT2D eigenvalue weighted by Gasteiger charge is 2.22. The lowest BCUT2D eigenvalue weighted by atomic mass is 9.96. The number of carbonyl (C=O) groups excluding carboxylic acids is 1. The molecule has 16 heavy (non-hydrogen) atoms. The molecule has 2 aromatic rings. The van der Waals surface area contributed by atoms with Crippen molar-refractivity contribution in [1.29, 1.82) is 0 Å². The van der Waals surface area contributed by atoms with E-state index in [0.29, 0.717) is 18.1 Å². The Morgan fingerprint density at radius 3 is 2.88 bits per heavy atom. The van der Waals surface area contributed by atoms with Crippen LogP contribution in [0.1, 0.15) is 17.0 Å². The van der Waals surface area contributed by atoms with Crippen LogP contribution in [0.2, 0.25) is 0 Å². The molecule has 1 saturated heterocycles. The van der Waals surface area contributed by atoms with Crippen LogP contribution >= 0.6 is 0 Å². The van der Waals surface area contributed by atoms with Gasteiger partial charge in [-0.1, -0.05) is 18.2 Å². The second-order valence-corrected chi connectivity index (χ2v) is 4.30. The fourth-order valence-corrected chi connectivity index (χ4v) is 1.97. The highest BCUT2D eigenvalue weighted by Crippen LogP contribution is 2.21. The Hall–Kier alpha value is -1.61. The summed E-state index contributed by atoms with van der Waals surface area (Å²) in [5.41, 5.74) is 0.789. The zero-order chi connectivity index (χ0) is 11.0. The summed E-state index contributed by atoms with van der Waals surface area (Å²) in [6.07, 6.45) is 0.590. The number of hydrogen-bond acceptors (Lipinski definition) is 3. The van der Waals surface area contributed by atoms with Gasteiger partial charge in [0, 0.05) is 11.8 Å². The van der Waals surface area contributed by atoms with Crippen LogP contribution in [0.3, 0.4) is 0 Å². The lowest BCUT2D eigenvalue weighted by Crippen LogP contribution is -2.42. The van der Waals surface area contributed by atoms with E-state index in [9.17, 15) is 4.79 Å². The summed E-state index contributed by atoms with van der Waals surface area (Å²) in [4.78, 5) is 11.9. The third-order valence-electron chi connectivity index (χ3n) is 3.04. The first-order valence-corrected chi connectivity index (χ1v) is 5.55. The van der Waals surface area contributed by atoms with E-state index in [2.05, 4.69) is 5.32 Å². The molecule has 0 saturated carbocycles. The molecule has 0 aliphatic carbocycles. The maximum Gasteiger partial charge on any atom is 0.198 e. The molecule has 3 heteroatoms. The van der Waals surface area contributed by atoms with Gasteiger partial charge in [0.15, 0.2) is 11.5 Å². The van der Waals surface area contributed by atoms with E-state index in [1.165, 1.54) is 0 Å². The van der Waals surface area contributed by atoms with E-state index < -0.39 is 0 Å². The Labute approximate surface area is 93.4 Å². The van der Waals surface area contributed by atoms with E-state index >= 15 is 0 Å². The molecule has 2 heterocycles. The number of nitrogens with one attached hydrogen (secondary N) is 1. The fraction of sp³-hybridized carbons (Fsp3) is 0.308. The van der Waals surface area contributed by atoms with Crippen molar-refractivity contribution in [1.82, 2.24) is 5.32 Å². The fourth-order valence-electron chi connectivity index (χ4n) is 1.97. The van der Waals surface area contributed by atoms with Crippen molar-refractivity contribution in [3.05, 3.63) is 36.1 Å². The predicted octanol–water partition coefficient (Wildman–Crippen LogP) is 2.22. The Morgan fingerprint density at radius 2 is 2.19 bits per heavy atom. The van der Waals surface area contributed by atoms with Crippen molar-refractivity contribution in [3.63, 3.8) is 0 Å². The molecule has 1 aromatic heterocycles. The predicted molar refractivity (Wildman–Crippen MR) is 61.5 cm³/mol. The number of para-hydroxylation sites is 1. The third-order valence-corrected chi connectivity index (χ3v) is 3.04. The Morgan fingerprint density at radius 1 is 1.38 bits per heavy atom. The number of fused-ring (bicyclic) bond motifs is 1. The number of furan rings is 1. The Kier molecular flexibility index (Phi) is 2.26. The first-order valence-electron chi connectivity index (χ1n) is 5.55. The largest absolute Gasteiger partial charge is 0.453 e. The average Bonchev–Trinajstić information content (AvgIpc) is 2.66. The number of carbonyl (C=O) groups is 1. The van der Waals surface area contributed by atoms with E-state index in [-0.39, 0.29) is 5.78 Å². The average molecular weight is 215 g/mol. The molecule has 0 unspecified atom stereocenters. The highest BCUT2D eigenvalue weighted by molar-refractivity contribution is 5.97. The lowest BCUT2D eigenvalue weighted by Gasteiger charge is -2.25. The summed E-state index contributed by atoms with van der Waals surface area (Å²) >= 11 is 0. The van der Waals surface area contributed by atoms with Crippen LogP contribution in [0, 0.1) is 5.92 Å².